The van der Waals surface area contributed by atoms with Crippen LogP contribution in [0.15, 0.2) is 28.8 Å². The van der Waals surface area contributed by atoms with E-state index in [-0.39, 0.29) is 11.5 Å². The number of amides is 1. The van der Waals surface area contributed by atoms with Crippen molar-refractivity contribution in [3.05, 3.63) is 46.3 Å². The summed E-state index contributed by atoms with van der Waals surface area (Å²) in [5.74, 6) is -0.656. The topological polar surface area (TPSA) is 81.4 Å². The number of nitrogens with one attached hydrogen (secondary N) is 1. The van der Waals surface area contributed by atoms with E-state index in [4.69, 9.17) is 20.9 Å². The Morgan fingerprint density at radius 1 is 1.39 bits per heavy atom. The van der Waals surface area contributed by atoms with Crippen molar-refractivity contribution in [1.29, 1.82) is 0 Å². The predicted octanol–water partition coefficient (Wildman–Crippen LogP) is 3.56. The highest BCUT2D eigenvalue weighted by molar-refractivity contribution is 6.30. The monoisotopic (exact) mass is 336 g/mol. The molecule has 1 aromatic heterocycles. The number of nitrogens with zero attached hydrogens (tertiary/aromatic N) is 1. The van der Waals surface area contributed by atoms with Gasteiger partial charge >= 0.3 is 5.97 Å². The molecule has 0 unspecified atom stereocenters. The molecule has 0 aliphatic heterocycles. The highest BCUT2D eigenvalue weighted by atomic mass is 35.5. The molecule has 0 aliphatic rings. The van der Waals surface area contributed by atoms with Gasteiger partial charge in [0.25, 0.3) is 5.91 Å². The van der Waals surface area contributed by atoms with Gasteiger partial charge in [0.2, 0.25) is 0 Å². The van der Waals surface area contributed by atoms with Crippen molar-refractivity contribution in [2.45, 2.75) is 26.7 Å². The van der Waals surface area contributed by atoms with Crippen LogP contribution in [0.25, 0.3) is 0 Å². The van der Waals surface area contributed by atoms with E-state index in [1.807, 2.05) is 13.8 Å². The van der Waals surface area contributed by atoms with Crippen molar-refractivity contribution in [1.82, 2.24) is 5.16 Å². The molecule has 0 saturated heterocycles. The molecule has 1 N–H and O–H groups in total. The van der Waals surface area contributed by atoms with Gasteiger partial charge in [-0.05, 0) is 25.1 Å². The van der Waals surface area contributed by atoms with Gasteiger partial charge in [-0.3, -0.25) is 4.79 Å². The van der Waals surface area contributed by atoms with Gasteiger partial charge in [0, 0.05) is 16.6 Å². The molecule has 2 aromatic rings. The Balaban J connectivity index is 1.97. The zero-order valence-electron chi connectivity index (χ0n) is 13.1. The number of carbonyl (C=O) groups is 2. The number of esters is 1. The molecular weight excluding hydrogens is 320 g/mol. The Hall–Kier alpha value is -2.34. The van der Waals surface area contributed by atoms with Crippen molar-refractivity contribution in [2.75, 3.05) is 11.9 Å². The molecule has 0 atom stereocenters. The van der Waals surface area contributed by atoms with Gasteiger partial charge in [-0.15, -0.1) is 0 Å². The first-order valence-corrected chi connectivity index (χ1v) is 7.45. The molecule has 0 bridgehead atoms. The zero-order valence-corrected chi connectivity index (χ0v) is 13.8. The van der Waals surface area contributed by atoms with E-state index in [9.17, 15) is 9.59 Å². The van der Waals surface area contributed by atoms with Crippen LogP contribution in [0.3, 0.4) is 0 Å². The number of aryl methyl sites for hydroxylation is 1. The lowest BCUT2D eigenvalue weighted by Gasteiger charge is -2.08. The van der Waals surface area contributed by atoms with Crippen LogP contribution in [-0.4, -0.2) is 23.6 Å². The number of carbonyl (C=O) groups excluding carboxylic acids is 2. The Morgan fingerprint density at radius 3 is 2.78 bits per heavy atom. The molecule has 0 saturated carbocycles. The standard InChI is InChI=1S/C16H17ClN2O4/c1-9(2)15-14(10(3)19-23-15)16(21)22-8-13(20)18-12-6-4-5-11(17)7-12/h4-7,9H,8H2,1-3H3,(H,18,20). The van der Waals surface area contributed by atoms with Crippen LogP contribution in [-0.2, 0) is 9.53 Å². The number of benzene rings is 1. The summed E-state index contributed by atoms with van der Waals surface area (Å²) in [4.78, 5) is 24.0. The Morgan fingerprint density at radius 2 is 2.13 bits per heavy atom. The first kappa shape index (κ1) is 17.0. The van der Waals surface area contributed by atoms with Crippen molar-refractivity contribution in [3.63, 3.8) is 0 Å². The third-order valence-electron chi connectivity index (χ3n) is 3.06. The van der Waals surface area contributed by atoms with Crippen LogP contribution in [0.5, 0.6) is 0 Å². The van der Waals surface area contributed by atoms with Gasteiger partial charge in [0.05, 0.1) is 5.69 Å². The molecule has 7 heteroatoms. The second kappa shape index (κ2) is 7.28. The van der Waals surface area contributed by atoms with E-state index < -0.39 is 18.5 Å². The third-order valence-corrected chi connectivity index (χ3v) is 3.30. The van der Waals surface area contributed by atoms with Gasteiger partial charge in [0.1, 0.15) is 5.56 Å². The summed E-state index contributed by atoms with van der Waals surface area (Å²) in [6.45, 7) is 5.00. The highest BCUT2D eigenvalue weighted by Gasteiger charge is 2.24. The van der Waals surface area contributed by atoms with Crippen molar-refractivity contribution >= 4 is 29.2 Å². The molecule has 1 amide bonds. The molecule has 1 aromatic carbocycles. The van der Waals surface area contributed by atoms with Crippen LogP contribution in [0.2, 0.25) is 5.02 Å². The van der Waals surface area contributed by atoms with E-state index >= 15 is 0 Å². The Kier molecular flexibility index (Phi) is 5.39. The predicted molar refractivity (Wildman–Crippen MR) is 85.7 cm³/mol. The minimum atomic E-state index is -0.631. The molecule has 6 nitrogen and oxygen atoms in total. The maximum atomic E-state index is 12.1. The smallest absolute Gasteiger partial charge is 0.344 e. The van der Waals surface area contributed by atoms with Crippen molar-refractivity contribution < 1.29 is 18.8 Å². The third kappa shape index (κ3) is 4.32. The van der Waals surface area contributed by atoms with E-state index in [0.717, 1.165) is 0 Å². The number of ether oxygens (including phenoxy) is 1. The van der Waals surface area contributed by atoms with Crippen LogP contribution in [0, 0.1) is 6.92 Å². The summed E-state index contributed by atoms with van der Waals surface area (Å²) in [6.07, 6.45) is 0. The normalized spacial score (nSPS) is 10.7. The molecule has 0 radical (unpaired) electrons. The molecule has 0 aliphatic carbocycles. The lowest BCUT2D eigenvalue weighted by molar-refractivity contribution is -0.119. The molecule has 0 spiro atoms. The number of halogens is 1. The number of hydrogen-bond donors (Lipinski definition) is 1. The average Bonchev–Trinajstić information content (AvgIpc) is 2.87. The second-order valence-corrected chi connectivity index (χ2v) is 5.73. The van der Waals surface area contributed by atoms with Crippen molar-refractivity contribution in [3.8, 4) is 0 Å². The quantitative estimate of drug-likeness (QED) is 0.844. The first-order valence-electron chi connectivity index (χ1n) is 7.07. The summed E-state index contributed by atoms with van der Waals surface area (Å²) < 4.78 is 10.2. The minimum absolute atomic E-state index is 0.0148. The van der Waals surface area contributed by atoms with E-state index in [2.05, 4.69) is 10.5 Å². The summed E-state index contributed by atoms with van der Waals surface area (Å²) >= 11 is 5.83. The van der Waals surface area contributed by atoms with Crippen LogP contribution in [0.4, 0.5) is 5.69 Å². The largest absolute Gasteiger partial charge is 0.452 e. The first-order chi connectivity index (χ1) is 10.9. The van der Waals surface area contributed by atoms with Gasteiger partial charge in [-0.1, -0.05) is 36.7 Å². The van der Waals surface area contributed by atoms with Gasteiger partial charge in [-0.25, -0.2) is 4.79 Å². The van der Waals surface area contributed by atoms with Crippen LogP contribution < -0.4 is 5.32 Å². The molecule has 122 valence electrons. The maximum Gasteiger partial charge on any atom is 0.344 e. The molecule has 2 rings (SSSR count). The Labute approximate surface area is 138 Å². The second-order valence-electron chi connectivity index (χ2n) is 5.30. The fraction of sp³-hybridized carbons (Fsp3) is 0.312. The lowest BCUT2D eigenvalue weighted by Crippen LogP contribution is -2.21. The molecule has 23 heavy (non-hydrogen) atoms. The molecule has 1 heterocycles. The van der Waals surface area contributed by atoms with E-state index in [1.54, 1.807) is 31.2 Å². The summed E-state index contributed by atoms with van der Waals surface area (Å²) in [5, 5.41) is 6.87. The van der Waals surface area contributed by atoms with Gasteiger partial charge in [-0.2, -0.15) is 0 Å². The number of hydrogen-bond acceptors (Lipinski definition) is 5. The number of anilines is 1. The SMILES string of the molecule is Cc1noc(C(C)C)c1C(=O)OCC(=O)Nc1cccc(Cl)c1. The fourth-order valence-electron chi connectivity index (χ4n) is 2.00. The average molecular weight is 337 g/mol. The van der Waals surface area contributed by atoms with Gasteiger partial charge < -0.3 is 14.6 Å². The van der Waals surface area contributed by atoms with Crippen LogP contribution in [0.1, 0.15) is 41.6 Å². The zero-order chi connectivity index (χ0) is 17.0. The summed E-state index contributed by atoms with van der Waals surface area (Å²) in [7, 11) is 0. The van der Waals surface area contributed by atoms with Gasteiger partial charge in [0.15, 0.2) is 12.4 Å². The summed E-state index contributed by atoms with van der Waals surface area (Å²) in [6, 6.07) is 6.69. The van der Waals surface area contributed by atoms with E-state index in [0.29, 0.717) is 22.2 Å². The summed E-state index contributed by atoms with van der Waals surface area (Å²) in [5.41, 5.74) is 1.24. The minimum Gasteiger partial charge on any atom is -0.452 e. The lowest BCUT2D eigenvalue weighted by atomic mass is 10.1. The van der Waals surface area contributed by atoms with Crippen molar-refractivity contribution in [2.24, 2.45) is 0 Å². The molecule has 0 fully saturated rings. The molecular formula is C16H17ClN2O4. The fourth-order valence-corrected chi connectivity index (χ4v) is 2.19. The van der Waals surface area contributed by atoms with E-state index in [1.165, 1.54) is 0 Å². The maximum absolute atomic E-state index is 12.1. The number of rotatable bonds is 5. The highest BCUT2D eigenvalue weighted by Crippen LogP contribution is 2.23. The number of aromatic nitrogens is 1. The Bertz CT molecular complexity index is 725. The van der Waals surface area contributed by atoms with Crippen LogP contribution >= 0.6 is 11.6 Å².